The van der Waals surface area contributed by atoms with Gasteiger partial charge in [0.05, 0.1) is 20.8 Å². The molecular formula is C12H7Cl3N2O3. The van der Waals surface area contributed by atoms with E-state index in [4.69, 9.17) is 39.9 Å². The van der Waals surface area contributed by atoms with Crippen molar-refractivity contribution in [2.45, 2.75) is 6.92 Å². The van der Waals surface area contributed by atoms with Crippen LogP contribution in [0.15, 0.2) is 23.1 Å². The molecule has 0 saturated carbocycles. The molecule has 0 saturated heterocycles. The molecule has 0 radical (unpaired) electrons. The second-order valence-corrected chi connectivity index (χ2v) is 5.18. The van der Waals surface area contributed by atoms with Crippen molar-refractivity contribution in [3.05, 3.63) is 54.9 Å². The van der Waals surface area contributed by atoms with Crippen molar-refractivity contribution in [2.24, 2.45) is 0 Å². The van der Waals surface area contributed by atoms with Gasteiger partial charge in [-0.2, -0.15) is 5.10 Å². The molecule has 0 aliphatic carbocycles. The first-order valence-corrected chi connectivity index (χ1v) is 6.43. The lowest BCUT2D eigenvalue weighted by Crippen LogP contribution is -2.23. The Hall–Kier alpha value is -1.56. The highest BCUT2D eigenvalue weighted by Crippen LogP contribution is 2.30. The number of rotatable bonds is 2. The quantitative estimate of drug-likeness (QED) is 0.857. The predicted octanol–water partition coefficient (Wildman–Crippen LogP) is 3.20. The van der Waals surface area contributed by atoms with Gasteiger partial charge < -0.3 is 5.11 Å². The van der Waals surface area contributed by atoms with Gasteiger partial charge in [0.2, 0.25) is 11.1 Å². The van der Waals surface area contributed by atoms with Crippen LogP contribution < -0.4 is 5.43 Å². The zero-order valence-corrected chi connectivity index (χ0v) is 12.3. The molecule has 1 heterocycles. The van der Waals surface area contributed by atoms with E-state index in [0.29, 0.717) is 5.69 Å². The summed E-state index contributed by atoms with van der Waals surface area (Å²) in [5, 5.41) is 13.5. The maximum atomic E-state index is 11.7. The Labute approximate surface area is 128 Å². The van der Waals surface area contributed by atoms with Crippen LogP contribution in [0.4, 0.5) is 0 Å². The van der Waals surface area contributed by atoms with Crippen LogP contribution in [-0.2, 0) is 0 Å². The Balaban J connectivity index is 2.74. The topological polar surface area (TPSA) is 72.2 Å². The molecule has 8 heteroatoms. The number of carbonyl (C=O) groups is 1. The molecule has 0 fully saturated rings. The minimum Gasteiger partial charge on any atom is -0.476 e. The lowest BCUT2D eigenvalue weighted by Gasteiger charge is -2.10. The normalized spacial score (nSPS) is 10.6. The summed E-state index contributed by atoms with van der Waals surface area (Å²) in [7, 11) is 0. The van der Waals surface area contributed by atoms with Gasteiger partial charge in [-0.05, 0) is 19.1 Å². The fraction of sp³-hybridized carbons (Fsp3) is 0.0833. The molecule has 2 rings (SSSR count). The zero-order chi connectivity index (χ0) is 15.0. The Kier molecular flexibility index (Phi) is 4.04. The number of carboxylic acids is 1. The number of halogens is 3. The van der Waals surface area contributed by atoms with Crippen molar-refractivity contribution in [1.82, 2.24) is 9.78 Å². The van der Waals surface area contributed by atoms with Crippen LogP contribution in [0, 0.1) is 6.92 Å². The van der Waals surface area contributed by atoms with Crippen LogP contribution in [0.1, 0.15) is 16.1 Å². The maximum absolute atomic E-state index is 11.7. The number of aromatic carboxylic acids is 1. The summed E-state index contributed by atoms with van der Waals surface area (Å²) in [5.74, 6) is -1.41. The summed E-state index contributed by atoms with van der Waals surface area (Å²) in [6.07, 6.45) is 1.38. The molecule has 1 aromatic carbocycles. The minimum absolute atomic E-state index is 0.222. The van der Waals surface area contributed by atoms with Crippen molar-refractivity contribution in [2.75, 3.05) is 0 Å². The van der Waals surface area contributed by atoms with E-state index < -0.39 is 17.1 Å². The fourth-order valence-electron chi connectivity index (χ4n) is 1.56. The van der Waals surface area contributed by atoms with E-state index in [1.54, 1.807) is 0 Å². The third kappa shape index (κ3) is 2.65. The molecule has 2 aromatic rings. The first kappa shape index (κ1) is 14.8. The van der Waals surface area contributed by atoms with Crippen LogP contribution in [0.5, 0.6) is 0 Å². The first-order valence-electron chi connectivity index (χ1n) is 5.30. The van der Waals surface area contributed by atoms with Gasteiger partial charge in [-0.15, -0.1) is 0 Å². The van der Waals surface area contributed by atoms with Crippen molar-refractivity contribution in [3.63, 3.8) is 0 Å². The molecule has 0 spiro atoms. The van der Waals surface area contributed by atoms with Gasteiger partial charge in [-0.25, -0.2) is 9.48 Å². The average Bonchev–Trinajstić information content (AvgIpc) is 2.36. The van der Waals surface area contributed by atoms with E-state index in [1.165, 1.54) is 29.9 Å². The van der Waals surface area contributed by atoms with E-state index in [9.17, 15) is 9.59 Å². The summed E-state index contributed by atoms with van der Waals surface area (Å²) >= 11 is 17.8. The first-order chi connectivity index (χ1) is 9.31. The third-order valence-electron chi connectivity index (χ3n) is 2.54. The second-order valence-electron chi connectivity index (χ2n) is 3.96. The van der Waals surface area contributed by atoms with Gasteiger partial charge in [-0.3, -0.25) is 4.79 Å². The number of hydrogen-bond acceptors (Lipinski definition) is 3. The van der Waals surface area contributed by atoms with Gasteiger partial charge >= 0.3 is 5.97 Å². The number of carboxylic acid groups (broad SMARTS) is 1. The van der Waals surface area contributed by atoms with E-state index in [2.05, 4.69) is 5.10 Å². The van der Waals surface area contributed by atoms with Crippen molar-refractivity contribution >= 4 is 40.8 Å². The van der Waals surface area contributed by atoms with E-state index >= 15 is 0 Å². The number of benzene rings is 1. The monoisotopic (exact) mass is 332 g/mol. The third-order valence-corrected chi connectivity index (χ3v) is 3.56. The number of aryl methyl sites for hydroxylation is 1. The fourth-order valence-corrected chi connectivity index (χ4v) is 2.19. The SMILES string of the molecule is Cc1cn(-c2cc(Cl)c(Cl)cc2Cl)nc(C(=O)O)c1=O. The Morgan fingerprint density at radius 3 is 2.40 bits per heavy atom. The predicted molar refractivity (Wildman–Crippen MR) is 76.6 cm³/mol. The molecular weight excluding hydrogens is 327 g/mol. The van der Waals surface area contributed by atoms with E-state index in [1.807, 2.05) is 0 Å². The molecule has 1 aromatic heterocycles. The van der Waals surface area contributed by atoms with E-state index in [0.717, 1.165) is 0 Å². The number of nitrogens with zero attached hydrogens (tertiary/aromatic N) is 2. The molecule has 0 unspecified atom stereocenters. The van der Waals surface area contributed by atoms with Crippen molar-refractivity contribution < 1.29 is 9.90 Å². The van der Waals surface area contributed by atoms with Crippen molar-refractivity contribution in [1.29, 1.82) is 0 Å². The van der Waals surface area contributed by atoms with Gasteiger partial charge in [0.1, 0.15) is 0 Å². The highest BCUT2D eigenvalue weighted by atomic mass is 35.5. The Morgan fingerprint density at radius 1 is 1.20 bits per heavy atom. The van der Waals surface area contributed by atoms with Gasteiger partial charge in [0.25, 0.3) is 0 Å². The van der Waals surface area contributed by atoms with Crippen LogP contribution in [-0.4, -0.2) is 20.9 Å². The second kappa shape index (κ2) is 5.44. The van der Waals surface area contributed by atoms with E-state index in [-0.39, 0.29) is 20.6 Å². The van der Waals surface area contributed by atoms with Crippen LogP contribution >= 0.6 is 34.8 Å². The maximum Gasteiger partial charge on any atom is 0.360 e. The molecule has 0 atom stereocenters. The summed E-state index contributed by atoms with van der Waals surface area (Å²) in [6, 6.07) is 2.85. The van der Waals surface area contributed by atoms with Crippen LogP contribution in [0.3, 0.4) is 0 Å². The highest BCUT2D eigenvalue weighted by Gasteiger charge is 2.16. The summed E-state index contributed by atoms with van der Waals surface area (Å²) < 4.78 is 1.19. The van der Waals surface area contributed by atoms with Gasteiger partial charge in [-0.1, -0.05) is 34.8 Å². The molecule has 0 amide bonds. The molecule has 104 valence electrons. The molecule has 20 heavy (non-hydrogen) atoms. The minimum atomic E-state index is -1.41. The summed E-state index contributed by atoms with van der Waals surface area (Å²) in [4.78, 5) is 22.7. The average molecular weight is 334 g/mol. The van der Waals surface area contributed by atoms with Gasteiger partial charge in [0.15, 0.2) is 0 Å². The Morgan fingerprint density at radius 2 is 1.80 bits per heavy atom. The number of aromatic nitrogens is 2. The largest absolute Gasteiger partial charge is 0.476 e. The summed E-state index contributed by atoms with van der Waals surface area (Å²) in [6.45, 7) is 1.48. The standard InChI is InChI=1S/C12H7Cl3N2O3/c1-5-4-17(16-10(11(5)18)12(19)20)9-3-7(14)6(13)2-8(9)15/h2-4H,1H3,(H,19,20). The van der Waals surface area contributed by atoms with Gasteiger partial charge in [0, 0.05) is 11.8 Å². The Bertz CT molecular complexity index is 771. The number of hydrogen-bond donors (Lipinski definition) is 1. The summed E-state index contributed by atoms with van der Waals surface area (Å²) in [5.41, 5.74) is -0.691. The molecule has 0 aliphatic heterocycles. The molecule has 5 nitrogen and oxygen atoms in total. The smallest absolute Gasteiger partial charge is 0.360 e. The highest BCUT2D eigenvalue weighted by molar-refractivity contribution is 6.43. The van der Waals surface area contributed by atoms with Crippen LogP contribution in [0.2, 0.25) is 15.1 Å². The lowest BCUT2D eigenvalue weighted by molar-refractivity contribution is 0.0686. The molecule has 0 aliphatic rings. The van der Waals surface area contributed by atoms with Crippen molar-refractivity contribution in [3.8, 4) is 5.69 Å². The zero-order valence-electron chi connectivity index (χ0n) is 10.0. The lowest BCUT2D eigenvalue weighted by atomic mass is 10.2. The molecule has 0 bridgehead atoms. The van der Waals surface area contributed by atoms with Crippen LogP contribution in [0.25, 0.3) is 5.69 Å². The molecule has 1 N–H and O–H groups in total.